The van der Waals surface area contributed by atoms with Crippen LogP contribution in [0.3, 0.4) is 0 Å². The number of carbonyl (C=O) groups excluding carboxylic acids is 2. The highest BCUT2D eigenvalue weighted by Gasteiger charge is 2.26. The Balaban J connectivity index is 1.55. The van der Waals surface area contributed by atoms with Gasteiger partial charge in [0.05, 0.1) is 0 Å². The molecule has 0 aromatic heterocycles. The molecule has 1 aliphatic rings. The van der Waals surface area contributed by atoms with Crippen LogP contribution in [0.2, 0.25) is 5.02 Å². The second-order valence-electron chi connectivity index (χ2n) is 5.72. The van der Waals surface area contributed by atoms with Crippen molar-refractivity contribution in [2.75, 3.05) is 36.4 Å². The predicted molar refractivity (Wildman–Crippen MR) is 103 cm³/mol. The lowest BCUT2D eigenvalue weighted by Gasteiger charge is -2.35. The lowest BCUT2D eigenvalue weighted by atomic mass is 10.2. The Bertz CT molecular complexity index is 774. The molecule has 0 bridgehead atoms. The van der Waals surface area contributed by atoms with E-state index in [4.69, 9.17) is 11.6 Å². The van der Waals surface area contributed by atoms with Crippen LogP contribution >= 0.6 is 27.5 Å². The highest BCUT2D eigenvalue weighted by molar-refractivity contribution is 9.10. The third-order valence-corrected chi connectivity index (χ3v) is 4.80. The van der Waals surface area contributed by atoms with Crippen LogP contribution in [0, 0.1) is 0 Å². The predicted octanol–water partition coefficient (Wildman–Crippen LogP) is 3.39. The number of anilines is 2. The SMILES string of the molecule is O=C(Nc1ccc(Br)cc1)C(=O)N1CCN(c2cccc(Cl)c2)CC1. The second kappa shape index (κ2) is 7.89. The fraction of sp³-hybridized carbons (Fsp3) is 0.222. The minimum absolute atomic E-state index is 0.499. The van der Waals surface area contributed by atoms with Crippen LogP contribution in [-0.2, 0) is 9.59 Å². The van der Waals surface area contributed by atoms with Crippen molar-refractivity contribution >= 4 is 50.7 Å². The monoisotopic (exact) mass is 421 g/mol. The third-order valence-electron chi connectivity index (χ3n) is 4.04. The molecule has 2 aromatic rings. The number of halogens is 2. The molecule has 1 aliphatic heterocycles. The first kappa shape index (κ1) is 17.8. The van der Waals surface area contributed by atoms with Crippen LogP contribution in [0.25, 0.3) is 0 Å². The Morgan fingerprint density at radius 2 is 1.68 bits per heavy atom. The van der Waals surface area contributed by atoms with Crippen LogP contribution in [0.4, 0.5) is 11.4 Å². The maximum Gasteiger partial charge on any atom is 0.313 e. The second-order valence-corrected chi connectivity index (χ2v) is 7.07. The Morgan fingerprint density at radius 1 is 1.00 bits per heavy atom. The van der Waals surface area contributed by atoms with Crippen molar-refractivity contribution in [1.82, 2.24) is 4.90 Å². The van der Waals surface area contributed by atoms with Crippen molar-refractivity contribution in [2.45, 2.75) is 0 Å². The van der Waals surface area contributed by atoms with Crippen molar-refractivity contribution in [2.24, 2.45) is 0 Å². The van der Waals surface area contributed by atoms with E-state index in [1.165, 1.54) is 0 Å². The molecule has 1 heterocycles. The summed E-state index contributed by atoms with van der Waals surface area (Å²) in [6.45, 7) is 2.33. The maximum atomic E-state index is 12.3. The van der Waals surface area contributed by atoms with Gasteiger partial charge in [-0.2, -0.15) is 0 Å². The molecule has 1 fully saturated rings. The Labute approximate surface area is 159 Å². The molecule has 1 saturated heterocycles. The fourth-order valence-corrected chi connectivity index (χ4v) is 3.15. The molecular formula is C18H17BrClN3O2. The molecule has 0 radical (unpaired) electrons. The van der Waals surface area contributed by atoms with Gasteiger partial charge in [-0.3, -0.25) is 9.59 Å². The molecule has 5 nitrogen and oxygen atoms in total. The van der Waals surface area contributed by atoms with Crippen molar-refractivity contribution in [3.8, 4) is 0 Å². The topological polar surface area (TPSA) is 52.7 Å². The Hall–Kier alpha value is -2.05. The number of amides is 2. The van der Waals surface area contributed by atoms with Gasteiger partial charge in [-0.25, -0.2) is 0 Å². The van der Waals surface area contributed by atoms with Gasteiger partial charge in [0.15, 0.2) is 0 Å². The van der Waals surface area contributed by atoms with Crippen LogP contribution in [0.15, 0.2) is 53.0 Å². The van der Waals surface area contributed by atoms with Crippen LogP contribution < -0.4 is 10.2 Å². The number of benzene rings is 2. The number of nitrogens with zero attached hydrogens (tertiary/aromatic N) is 2. The van der Waals surface area contributed by atoms with Gasteiger partial charge in [0, 0.05) is 47.0 Å². The zero-order valence-corrected chi connectivity index (χ0v) is 15.8. The Morgan fingerprint density at radius 3 is 2.32 bits per heavy atom. The summed E-state index contributed by atoms with van der Waals surface area (Å²) in [4.78, 5) is 28.2. The molecule has 7 heteroatoms. The lowest BCUT2D eigenvalue weighted by Crippen LogP contribution is -2.51. The smallest absolute Gasteiger partial charge is 0.313 e. The molecule has 3 rings (SSSR count). The summed E-state index contributed by atoms with van der Waals surface area (Å²) in [5.41, 5.74) is 1.62. The summed E-state index contributed by atoms with van der Waals surface area (Å²) in [5.74, 6) is -1.12. The van der Waals surface area contributed by atoms with Gasteiger partial charge in [0.2, 0.25) is 0 Å². The summed E-state index contributed by atoms with van der Waals surface area (Å²) in [6.07, 6.45) is 0. The van der Waals surface area contributed by atoms with Crippen molar-refractivity contribution in [3.05, 3.63) is 58.0 Å². The van der Waals surface area contributed by atoms with E-state index in [2.05, 4.69) is 26.1 Å². The summed E-state index contributed by atoms with van der Waals surface area (Å²) < 4.78 is 0.911. The number of rotatable bonds is 2. The van der Waals surface area contributed by atoms with Gasteiger partial charge >= 0.3 is 11.8 Å². The zero-order valence-electron chi connectivity index (χ0n) is 13.4. The molecule has 130 valence electrons. The van der Waals surface area contributed by atoms with Gasteiger partial charge in [-0.15, -0.1) is 0 Å². The van der Waals surface area contributed by atoms with E-state index in [9.17, 15) is 9.59 Å². The van der Waals surface area contributed by atoms with Crippen molar-refractivity contribution in [3.63, 3.8) is 0 Å². The van der Waals surface area contributed by atoms with Gasteiger partial charge in [0.1, 0.15) is 0 Å². The first-order valence-corrected chi connectivity index (χ1v) is 9.06. The number of hydrogen-bond acceptors (Lipinski definition) is 3. The van der Waals surface area contributed by atoms with E-state index in [1.54, 1.807) is 17.0 Å². The van der Waals surface area contributed by atoms with Crippen molar-refractivity contribution in [1.29, 1.82) is 0 Å². The van der Waals surface area contributed by atoms with Gasteiger partial charge in [-0.1, -0.05) is 33.6 Å². The van der Waals surface area contributed by atoms with E-state index in [1.807, 2.05) is 36.4 Å². The largest absolute Gasteiger partial charge is 0.368 e. The number of piperazine rings is 1. The van der Waals surface area contributed by atoms with Gasteiger partial charge in [-0.05, 0) is 42.5 Å². The van der Waals surface area contributed by atoms with Crippen molar-refractivity contribution < 1.29 is 9.59 Å². The summed E-state index contributed by atoms with van der Waals surface area (Å²) >= 11 is 9.36. The molecule has 25 heavy (non-hydrogen) atoms. The zero-order chi connectivity index (χ0) is 17.8. The quantitative estimate of drug-likeness (QED) is 0.755. The van der Waals surface area contributed by atoms with E-state index < -0.39 is 11.8 Å². The molecule has 2 amide bonds. The molecule has 0 spiro atoms. The van der Waals surface area contributed by atoms with Crippen LogP contribution in [-0.4, -0.2) is 42.9 Å². The first-order valence-electron chi connectivity index (χ1n) is 7.89. The molecule has 0 saturated carbocycles. The van der Waals surface area contributed by atoms with Gasteiger partial charge in [0.25, 0.3) is 0 Å². The van der Waals surface area contributed by atoms with E-state index >= 15 is 0 Å². The van der Waals surface area contributed by atoms with E-state index in [-0.39, 0.29) is 0 Å². The lowest BCUT2D eigenvalue weighted by molar-refractivity contribution is -0.143. The summed E-state index contributed by atoms with van der Waals surface area (Å²) in [5, 5.41) is 3.32. The molecule has 0 unspecified atom stereocenters. The molecule has 0 aliphatic carbocycles. The van der Waals surface area contributed by atoms with E-state index in [0.717, 1.165) is 10.2 Å². The highest BCUT2D eigenvalue weighted by atomic mass is 79.9. The number of hydrogen-bond donors (Lipinski definition) is 1. The third kappa shape index (κ3) is 4.52. The Kier molecular flexibility index (Phi) is 5.60. The molecular weight excluding hydrogens is 406 g/mol. The van der Waals surface area contributed by atoms with Gasteiger partial charge < -0.3 is 15.1 Å². The fourth-order valence-electron chi connectivity index (χ4n) is 2.70. The molecule has 0 atom stereocenters. The minimum Gasteiger partial charge on any atom is -0.368 e. The number of carbonyl (C=O) groups is 2. The van der Waals surface area contributed by atoms with Crippen LogP contribution in [0.1, 0.15) is 0 Å². The maximum absolute atomic E-state index is 12.3. The highest BCUT2D eigenvalue weighted by Crippen LogP contribution is 2.21. The summed E-state index contributed by atoms with van der Waals surface area (Å²) in [6, 6.07) is 14.7. The van der Waals surface area contributed by atoms with Crippen LogP contribution in [0.5, 0.6) is 0 Å². The normalized spacial score (nSPS) is 14.3. The molecule has 1 N–H and O–H groups in total. The first-order chi connectivity index (χ1) is 12.0. The average molecular weight is 423 g/mol. The molecule has 2 aromatic carbocycles. The average Bonchev–Trinajstić information content (AvgIpc) is 2.63. The minimum atomic E-state index is -0.612. The standard InChI is InChI=1S/C18H17BrClN3O2/c19-13-4-6-15(7-5-13)21-17(24)18(25)23-10-8-22(9-11-23)16-3-1-2-14(20)12-16/h1-7,12H,8-11H2,(H,21,24). The summed E-state index contributed by atoms with van der Waals surface area (Å²) in [7, 11) is 0. The van der Waals surface area contributed by atoms with E-state index in [0.29, 0.717) is 36.9 Å². The number of nitrogens with one attached hydrogen (secondary N) is 1.